The summed E-state index contributed by atoms with van der Waals surface area (Å²) in [4.78, 5) is 29.3. The van der Waals surface area contributed by atoms with E-state index in [0.717, 1.165) is 49.6 Å². The predicted molar refractivity (Wildman–Crippen MR) is 165 cm³/mol. The normalized spacial score (nSPS) is 14.7. The first-order valence-electron chi connectivity index (χ1n) is 13.9. The summed E-state index contributed by atoms with van der Waals surface area (Å²) in [5.74, 6) is -1.23. The summed E-state index contributed by atoms with van der Waals surface area (Å²) in [6.45, 7) is -1.02. The maximum Gasteiger partial charge on any atom is 0.416 e. The summed E-state index contributed by atoms with van der Waals surface area (Å²) >= 11 is 12.4. The molecule has 3 aromatic carbocycles. The number of anilines is 1. The second-order valence-electron chi connectivity index (χ2n) is 10.8. The number of alkyl halides is 3. The fourth-order valence-corrected chi connectivity index (χ4v) is 6.56. The van der Waals surface area contributed by atoms with E-state index in [1.165, 1.54) is 4.90 Å². The van der Waals surface area contributed by atoms with Crippen LogP contribution >= 0.6 is 23.2 Å². The van der Waals surface area contributed by atoms with Gasteiger partial charge in [-0.15, -0.1) is 0 Å². The highest BCUT2D eigenvalue weighted by molar-refractivity contribution is 7.92. The van der Waals surface area contributed by atoms with Crippen LogP contribution in [0, 0.1) is 0 Å². The molecule has 7 nitrogen and oxygen atoms in total. The Morgan fingerprint density at radius 1 is 0.955 bits per heavy atom. The lowest BCUT2D eigenvalue weighted by atomic mass is 10.0. The minimum absolute atomic E-state index is 0.0691. The first-order chi connectivity index (χ1) is 20.7. The molecule has 4 rings (SSSR count). The molecule has 44 heavy (non-hydrogen) atoms. The molecule has 0 aromatic heterocycles. The third-order valence-electron chi connectivity index (χ3n) is 7.44. The number of rotatable bonds is 11. The Hall–Kier alpha value is -3.28. The molecule has 2 amide bonds. The van der Waals surface area contributed by atoms with Gasteiger partial charge in [-0.2, -0.15) is 13.2 Å². The van der Waals surface area contributed by atoms with E-state index >= 15 is 0 Å². The number of halogens is 5. The van der Waals surface area contributed by atoms with Gasteiger partial charge in [0.05, 0.1) is 22.5 Å². The number of hydrogen-bond donors (Lipinski definition) is 1. The Morgan fingerprint density at radius 2 is 1.61 bits per heavy atom. The number of nitrogens with zero attached hydrogens (tertiary/aromatic N) is 2. The molecule has 1 N–H and O–H groups in total. The Balaban J connectivity index is 1.77. The number of hydrogen-bond acceptors (Lipinski definition) is 4. The van der Waals surface area contributed by atoms with Gasteiger partial charge in [-0.1, -0.05) is 78.5 Å². The molecule has 1 aliphatic carbocycles. The molecule has 0 saturated heterocycles. The van der Waals surface area contributed by atoms with Gasteiger partial charge in [-0.25, -0.2) is 8.42 Å². The van der Waals surface area contributed by atoms with Crippen molar-refractivity contribution in [2.24, 2.45) is 0 Å². The summed E-state index contributed by atoms with van der Waals surface area (Å²) in [5, 5.41) is 3.14. The highest BCUT2D eigenvalue weighted by Crippen LogP contribution is 2.36. The number of benzene rings is 3. The van der Waals surface area contributed by atoms with Gasteiger partial charge in [0.25, 0.3) is 0 Å². The van der Waals surface area contributed by atoms with E-state index in [2.05, 4.69) is 5.32 Å². The molecule has 1 saturated carbocycles. The fraction of sp³-hybridized carbons (Fsp3) is 0.355. The molecule has 1 atom stereocenters. The van der Waals surface area contributed by atoms with Crippen molar-refractivity contribution in [3.63, 3.8) is 0 Å². The molecule has 0 aliphatic heterocycles. The lowest BCUT2D eigenvalue weighted by molar-refractivity contribution is -0.140. The maximum atomic E-state index is 14.2. The summed E-state index contributed by atoms with van der Waals surface area (Å²) in [5.41, 5.74) is -0.314. The molecule has 0 spiro atoms. The van der Waals surface area contributed by atoms with Gasteiger partial charge in [-0.3, -0.25) is 13.9 Å². The van der Waals surface area contributed by atoms with Gasteiger partial charge in [0.1, 0.15) is 12.6 Å². The van der Waals surface area contributed by atoms with Crippen molar-refractivity contribution in [3.8, 4) is 0 Å². The number of nitrogens with one attached hydrogen (secondary N) is 1. The van der Waals surface area contributed by atoms with Crippen LogP contribution in [0.25, 0.3) is 0 Å². The van der Waals surface area contributed by atoms with Crippen LogP contribution in [-0.2, 0) is 38.8 Å². The van der Waals surface area contributed by atoms with E-state index in [4.69, 9.17) is 23.2 Å². The van der Waals surface area contributed by atoms with Crippen LogP contribution in [0.2, 0.25) is 10.0 Å². The topological polar surface area (TPSA) is 86.8 Å². The number of carbonyl (C=O) groups excluding carboxylic acids is 2. The van der Waals surface area contributed by atoms with E-state index in [1.807, 2.05) is 18.2 Å². The third kappa shape index (κ3) is 8.89. The molecule has 0 bridgehead atoms. The van der Waals surface area contributed by atoms with Crippen molar-refractivity contribution in [3.05, 3.63) is 99.5 Å². The average Bonchev–Trinajstić information content (AvgIpc) is 3.46. The molecular formula is C31H32Cl2F3N3O4S. The van der Waals surface area contributed by atoms with Gasteiger partial charge < -0.3 is 10.2 Å². The van der Waals surface area contributed by atoms with Crippen LogP contribution in [0.1, 0.15) is 42.4 Å². The zero-order valence-electron chi connectivity index (χ0n) is 23.9. The van der Waals surface area contributed by atoms with E-state index in [0.29, 0.717) is 21.0 Å². The predicted octanol–water partition coefficient (Wildman–Crippen LogP) is 6.48. The zero-order valence-corrected chi connectivity index (χ0v) is 26.2. The maximum absolute atomic E-state index is 14.2. The lowest BCUT2D eigenvalue weighted by Crippen LogP contribution is -2.54. The number of carbonyl (C=O) groups is 2. The van der Waals surface area contributed by atoms with Gasteiger partial charge in [0, 0.05) is 24.0 Å². The molecule has 0 heterocycles. The van der Waals surface area contributed by atoms with Gasteiger partial charge >= 0.3 is 6.18 Å². The monoisotopic (exact) mass is 669 g/mol. The Kier molecular flexibility index (Phi) is 10.9. The van der Waals surface area contributed by atoms with Crippen LogP contribution in [0.5, 0.6) is 0 Å². The van der Waals surface area contributed by atoms with Crippen molar-refractivity contribution >= 4 is 50.7 Å². The smallest absolute Gasteiger partial charge is 0.352 e. The van der Waals surface area contributed by atoms with E-state index in [9.17, 15) is 31.2 Å². The summed E-state index contributed by atoms with van der Waals surface area (Å²) in [6.07, 6.45) is -0.406. The molecule has 1 fully saturated rings. The van der Waals surface area contributed by atoms with E-state index in [1.54, 1.807) is 36.4 Å². The summed E-state index contributed by atoms with van der Waals surface area (Å²) in [6, 6.07) is 16.8. The lowest BCUT2D eigenvalue weighted by Gasteiger charge is -2.34. The van der Waals surface area contributed by atoms with Gasteiger partial charge in [0.2, 0.25) is 21.8 Å². The Morgan fingerprint density at radius 3 is 2.23 bits per heavy atom. The summed E-state index contributed by atoms with van der Waals surface area (Å²) < 4.78 is 67.1. The van der Waals surface area contributed by atoms with Crippen molar-refractivity contribution in [2.45, 2.75) is 56.9 Å². The highest BCUT2D eigenvalue weighted by atomic mass is 35.5. The minimum Gasteiger partial charge on any atom is -0.352 e. The molecule has 236 valence electrons. The number of amides is 2. The molecule has 0 radical (unpaired) electrons. The van der Waals surface area contributed by atoms with Crippen molar-refractivity contribution < 1.29 is 31.2 Å². The van der Waals surface area contributed by atoms with Crippen molar-refractivity contribution in [2.75, 3.05) is 17.1 Å². The number of sulfonamides is 1. The standard InChI is InChI=1S/C31H32Cl2F3N3O4S/c1-44(42,43)39(27-18-23(31(34,35)36)14-15-26(27)33)20-29(40)38(19-22-10-7-11-24(32)16-22)28(17-21-8-3-2-4-9-21)30(41)37-25-12-5-6-13-25/h2-4,7-11,14-16,18,25,28H,5-6,12-13,17,19-20H2,1H3,(H,37,41). The molecule has 1 aliphatic rings. The van der Waals surface area contributed by atoms with Gasteiger partial charge in [0.15, 0.2) is 0 Å². The minimum atomic E-state index is -4.79. The average molecular weight is 671 g/mol. The van der Waals surface area contributed by atoms with Crippen LogP contribution in [0.4, 0.5) is 18.9 Å². The van der Waals surface area contributed by atoms with Crippen molar-refractivity contribution in [1.29, 1.82) is 0 Å². The Labute approximate surface area is 265 Å². The van der Waals surface area contributed by atoms with Crippen molar-refractivity contribution in [1.82, 2.24) is 10.2 Å². The molecule has 3 aromatic rings. The van der Waals surface area contributed by atoms with Crippen LogP contribution in [0.3, 0.4) is 0 Å². The fourth-order valence-electron chi connectivity index (χ4n) is 5.23. The SMILES string of the molecule is CS(=O)(=O)N(CC(=O)N(Cc1cccc(Cl)c1)C(Cc1ccccc1)C(=O)NC1CCCC1)c1cc(C(F)(F)F)ccc1Cl. The first kappa shape index (κ1) is 33.6. The highest BCUT2D eigenvalue weighted by Gasteiger charge is 2.36. The third-order valence-corrected chi connectivity index (χ3v) is 9.12. The van der Waals surface area contributed by atoms with Crippen LogP contribution in [-0.4, -0.2) is 50.0 Å². The molecule has 13 heteroatoms. The van der Waals surface area contributed by atoms with E-state index in [-0.39, 0.29) is 24.0 Å². The molecule has 1 unspecified atom stereocenters. The quantitative estimate of drug-likeness (QED) is 0.253. The van der Waals surface area contributed by atoms with Gasteiger partial charge in [-0.05, 0) is 54.3 Å². The Bertz CT molecular complexity index is 1580. The zero-order chi connectivity index (χ0) is 32.1. The van der Waals surface area contributed by atoms with E-state index < -0.39 is 51.9 Å². The largest absolute Gasteiger partial charge is 0.416 e. The second-order valence-corrected chi connectivity index (χ2v) is 13.5. The second kappa shape index (κ2) is 14.2. The first-order valence-corrected chi connectivity index (χ1v) is 16.6. The van der Waals surface area contributed by atoms with Crippen LogP contribution in [0.15, 0.2) is 72.8 Å². The molecular weight excluding hydrogens is 638 g/mol. The van der Waals surface area contributed by atoms with Crippen LogP contribution < -0.4 is 9.62 Å². The summed E-state index contributed by atoms with van der Waals surface area (Å²) in [7, 11) is -4.32.